The van der Waals surface area contributed by atoms with Crippen LogP contribution in [0.15, 0.2) is 48.5 Å². The summed E-state index contributed by atoms with van der Waals surface area (Å²) in [4.78, 5) is 21.7. The van der Waals surface area contributed by atoms with Gasteiger partial charge in [0.05, 0.1) is 17.1 Å². The maximum Gasteiger partial charge on any atom is 0.338 e. The molecule has 0 unspecified atom stereocenters. The van der Waals surface area contributed by atoms with Crippen molar-refractivity contribution in [2.24, 2.45) is 0 Å². The summed E-state index contributed by atoms with van der Waals surface area (Å²) in [5, 5.41) is 10.6. The quantitative estimate of drug-likeness (QED) is 0.464. The molecule has 0 heterocycles. The molecule has 0 aliphatic carbocycles. The zero-order chi connectivity index (χ0) is 15.9. The molecule has 0 atom stereocenters. The molecule has 0 spiro atoms. The monoisotopic (exact) mass is 301 g/mol. The standard InChI is InChI=1S/C16H15NO5/c1-2-21-16(18)13-5-3-4-12(10-13)11-22-15-8-6-14(7-9-15)17(19)20/h3-10H,2,11H2,1H3. The van der Waals surface area contributed by atoms with Crippen LogP contribution >= 0.6 is 0 Å². The lowest BCUT2D eigenvalue weighted by molar-refractivity contribution is -0.384. The van der Waals surface area contributed by atoms with Crippen LogP contribution in [0.2, 0.25) is 0 Å². The van der Waals surface area contributed by atoms with E-state index in [1.54, 1.807) is 25.1 Å². The van der Waals surface area contributed by atoms with Crippen molar-refractivity contribution >= 4 is 11.7 Å². The number of benzene rings is 2. The number of nitro groups is 1. The number of non-ortho nitro benzene ring substituents is 1. The molecule has 6 heteroatoms. The van der Waals surface area contributed by atoms with Crippen LogP contribution in [0.1, 0.15) is 22.8 Å². The lowest BCUT2D eigenvalue weighted by Crippen LogP contribution is -2.05. The highest BCUT2D eigenvalue weighted by Gasteiger charge is 2.08. The Morgan fingerprint density at radius 1 is 1.18 bits per heavy atom. The first kappa shape index (κ1) is 15.5. The van der Waals surface area contributed by atoms with E-state index >= 15 is 0 Å². The topological polar surface area (TPSA) is 78.7 Å². The number of carbonyl (C=O) groups excluding carboxylic acids is 1. The fourth-order valence-electron chi connectivity index (χ4n) is 1.83. The van der Waals surface area contributed by atoms with Gasteiger partial charge in [0, 0.05) is 12.1 Å². The molecule has 0 amide bonds. The molecule has 0 N–H and O–H groups in total. The van der Waals surface area contributed by atoms with Crippen LogP contribution in [0.5, 0.6) is 5.75 Å². The van der Waals surface area contributed by atoms with Gasteiger partial charge in [0.2, 0.25) is 0 Å². The maximum atomic E-state index is 11.6. The molecule has 2 aromatic carbocycles. The van der Waals surface area contributed by atoms with Crippen LogP contribution in [-0.4, -0.2) is 17.5 Å². The summed E-state index contributed by atoms with van der Waals surface area (Å²) < 4.78 is 10.5. The Balaban J connectivity index is 2.00. The predicted molar refractivity (Wildman–Crippen MR) is 79.8 cm³/mol. The largest absolute Gasteiger partial charge is 0.489 e. The summed E-state index contributed by atoms with van der Waals surface area (Å²) in [6, 6.07) is 12.8. The molecule has 0 aromatic heterocycles. The normalized spacial score (nSPS) is 10.0. The molecule has 0 bridgehead atoms. The van der Waals surface area contributed by atoms with Crippen molar-refractivity contribution in [3.8, 4) is 5.75 Å². The number of carbonyl (C=O) groups is 1. The van der Waals surface area contributed by atoms with E-state index in [1.165, 1.54) is 24.3 Å². The summed E-state index contributed by atoms with van der Waals surface area (Å²) in [7, 11) is 0. The summed E-state index contributed by atoms with van der Waals surface area (Å²) in [5.41, 5.74) is 1.28. The third-order valence-corrected chi connectivity index (χ3v) is 2.89. The molecule has 0 fully saturated rings. The third-order valence-electron chi connectivity index (χ3n) is 2.89. The Morgan fingerprint density at radius 2 is 1.91 bits per heavy atom. The van der Waals surface area contributed by atoms with Crippen LogP contribution in [0.4, 0.5) is 5.69 Å². The fraction of sp³-hybridized carbons (Fsp3) is 0.188. The molecule has 0 aliphatic heterocycles. The second-order valence-corrected chi connectivity index (χ2v) is 4.46. The molecule has 114 valence electrons. The van der Waals surface area contributed by atoms with E-state index < -0.39 is 4.92 Å². The highest BCUT2D eigenvalue weighted by atomic mass is 16.6. The van der Waals surface area contributed by atoms with Gasteiger partial charge in [-0.2, -0.15) is 0 Å². The van der Waals surface area contributed by atoms with E-state index in [2.05, 4.69) is 0 Å². The van der Waals surface area contributed by atoms with E-state index in [-0.39, 0.29) is 18.3 Å². The zero-order valence-electron chi connectivity index (χ0n) is 12.0. The first-order valence-corrected chi connectivity index (χ1v) is 6.73. The van der Waals surface area contributed by atoms with E-state index in [0.717, 1.165) is 5.56 Å². The minimum absolute atomic E-state index is 0.0108. The number of hydrogen-bond acceptors (Lipinski definition) is 5. The van der Waals surface area contributed by atoms with Gasteiger partial charge in [-0.3, -0.25) is 10.1 Å². The summed E-state index contributed by atoms with van der Waals surface area (Å²) >= 11 is 0. The van der Waals surface area contributed by atoms with E-state index in [1.807, 2.05) is 6.07 Å². The van der Waals surface area contributed by atoms with Gasteiger partial charge < -0.3 is 9.47 Å². The molecular formula is C16H15NO5. The van der Waals surface area contributed by atoms with Crippen molar-refractivity contribution in [1.29, 1.82) is 0 Å². The van der Waals surface area contributed by atoms with Gasteiger partial charge in [-0.25, -0.2) is 4.79 Å². The minimum Gasteiger partial charge on any atom is -0.489 e. The SMILES string of the molecule is CCOC(=O)c1cccc(COc2ccc([N+](=O)[O-])cc2)c1. The molecule has 0 saturated carbocycles. The number of rotatable bonds is 6. The fourth-order valence-corrected chi connectivity index (χ4v) is 1.83. The van der Waals surface area contributed by atoms with Crippen LogP contribution in [0.3, 0.4) is 0 Å². The Labute approximate surface area is 127 Å². The van der Waals surface area contributed by atoms with E-state index in [0.29, 0.717) is 17.9 Å². The Kier molecular flexibility index (Phi) is 5.08. The minimum atomic E-state index is -0.466. The molecule has 2 aromatic rings. The number of nitro benzene ring substituents is 1. The van der Waals surface area contributed by atoms with Crippen molar-refractivity contribution in [1.82, 2.24) is 0 Å². The van der Waals surface area contributed by atoms with Crippen LogP contribution in [-0.2, 0) is 11.3 Å². The molecule has 22 heavy (non-hydrogen) atoms. The van der Waals surface area contributed by atoms with Gasteiger partial charge in [-0.05, 0) is 36.8 Å². The van der Waals surface area contributed by atoms with Crippen LogP contribution < -0.4 is 4.74 Å². The average Bonchev–Trinajstić information content (AvgIpc) is 2.54. The van der Waals surface area contributed by atoms with Crippen molar-refractivity contribution in [3.63, 3.8) is 0 Å². The maximum absolute atomic E-state index is 11.6. The summed E-state index contributed by atoms with van der Waals surface area (Å²) in [5.74, 6) is 0.145. The van der Waals surface area contributed by atoms with Crippen LogP contribution in [0.25, 0.3) is 0 Å². The number of ether oxygens (including phenoxy) is 2. The van der Waals surface area contributed by atoms with Crippen molar-refractivity contribution in [2.45, 2.75) is 13.5 Å². The highest BCUT2D eigenvalue weighted by molar-refractivity contribution is 5.89. The van der Waals surface area contributed by atoms with Gasteiger partial charge in [-0.1, -0.05) is 12.1 Å². The Morgan fingerprint density at radius 3 is 2.55 bits per heavy atom. The zero-order valence-corrected chi connectivity index (χ0v) is 12.0. The predicted octanol–water partition coefficient (Wildman–Crippen LogP) is 3.35. The molecule has 0 saturated heterocycles. The van der Waals surface area contributed by atoms with Crippen molar-refractivity contribution in [3.05, 3.63) is 69.8 Å². The Hall–Kier alpha value is -2.89. The molecular weight excluding hydrogens is 286 g/mol. The molecule has 0 radical (unpaired) electrons. The molecule has 6 nitrogen and oxygen atoms in total. The van der Waals surface area contributed by atoms with Gasteiger partial charge in [0.25, 0.3) is 5.69 Å². The van der Waals surface area contributed by atoms with Crippen LogP contribution in [0, 0.1) is 10.1 Å². The first-order valence-electron chi connectivity index (χ1n) is 6.73. The number of nitrogens with zero attached hydrogens (tertiary/aromatic N) is 1. The highest BCUT2D eigenvalue weighted by Crippen LogP contribution is 2.18. The second-order valence-electron chi connectivity index (χ2n) is 4.46. The number of hydrogen-bond donors (Lipinski definition) is 0. The lowest BCUT2D eigenvalue weighted by Gasteiger charge is -2.07. The third kappa shape index (κ3) is 4.05. The Bertz CT molecular complexity index is 666. The average molecular weight is 301 g/mol. The smallest absolute Gasteiger partial charge is 0.338 e. The summed E-state index contributed by atoms with van der Waals surface area (Å²) in [6.45, 7) is 2.33. The first-order chi connectivity index (χ1) is 10.6. The van der Waals surface area contributed by atoms with Gasteiger partial charge >= 0.3 is 5.97 Å². The second kappa shape index (κ2) is 7.21. The van der Waals surface area contributed by atoms with E-state index in [4.69, 9.17) is 9.47 Å². The van der Waals surface area contributed by atoms with Crippen molar-refractivity contribution in [2.75, 3.05) is 6.61 Å². The number of esters is 1. The molecule has 0 aliphatic rings. The van der Waals surface area contributed by atoms with Crippen molar-refractivity contribution < 1.29 is 19.2 Å². The lowest BCUT2D eigenvalue weighted by atomic mass is 10.1. The van der Waals surface area contributed by atoms with Gasteiger partial charge in [-0.15, -0.1) is 0 Å². The summed E-state index contributed by atoms with van der Waals surface area (Å²) in [6.07, 6.45) is 0. The van der Waals surface area contributed by atoms with E-state index in [9.17, 15) is 14.9 Å². The molecule has 2 rings (SSSR count). The van der Waals surface area contributed by atoms with Gasteiger partial charge in [0.15, 0.2) is 0 Å². The van der Waals surface area contributed by atoms with Gasteiger partial charge in [0.1, 0.15) is 12.4 Å².